The van der Waals surface area contributed by atoms with Crippen LogP contribution >= 0.6 is 0 Å². The molecule has 2 aromatic rings. The van der Waals surface area contributed by atoms with Crippen molar-refractivity contribution < 1.29 is 4.79 Å². The van der Waals surface area contributed by atoms with E-state index in [2.05, 4.69) is 5.10 Å². The van der Waals surface area contributed by atoms with Gasteiger partial charge in [0, 0.05) is 12.4 Å². The highest BCUT2D eigenvalue weighted by Crippen LogP contribution is 2.19. The molecule has 0 saturated heterocycles. The molecule has 1 atom stereocenters. The number of aromatic nitrogens is 2. The molecule has 1 heterocycles. The molecular weight excluding hydrogens is 216 g/mol. The zero-order valence-corrected chi connectivity index (χ0v) is 9.28. The topological polar surface area (TPSA) is 86.9 Å². The van der Waals surface area contributed by atoms with Gasteiger partial charge in [-0.1, -0.05) is 30.3 Å². The van der Waals surface area contributed by atoms with E-state index in [-0.39, 0.29) is 6.54 Å². The third-order valence-corrected chi connectivity index (χ3v) is 2.70. The number of hydrogen-bond acceptors (Lipinski definition) is 3. The van der Waals surface area contributed by atoms with E-state index in [1.807, 2.05) is 18.2 Å². The first-order valence-corrected chi connectivity index (χ1v) is 5.25. The van der Waals surface area contributed by atoms with Crippen molar-refractivity contribution in [1.29, 1.82) is 0 Å². The Morgan fingerprint density at radius 1 is 1.29 bits per heavy atom. The van der Waals surface area contributed by atoms with E-state index in [4.69, 9.17) is 11.5 Å². The summed E-state index contributed by atoms with van der Waals surface area (Å²) in [5, 5.41) is 4.04. The predicted octanol–water partition coefficient (Wildman–Crippen LogP) is 0.223. The molecule has 0 aliphatic heterocycles. The van der Waals surface area contributed by atoms with Gasteiger partial charge < -0.3 is 11.5 Å². The molecule has 17 heavy (non-hydrogen) atoms. The maximum absolute atomic E-state index is 11.6. The number of carbonyl (C=O) groups is 1. The number of nitrogens with two attached hydrogens (primary N) is 2. The minimum Gasteiger partial charge on any atom is -0.368 e. The molecule has 5 nitrogen and oxygen atoms in total. The molecule has 0 aliphatic rings. The standard InChI is InChI=1S/C12H14N4O/c13-11(17)12(14,9-16-8-4-7-15-16)10-5-2-1-3-6-10/h1-8H,9,14H2,(H2,13,17). The Bertz CT molecular complexity index is 494. The summed E-state index contributed by atoms with van der Waals surface area (Å²) < 4.78 is 1.60. The molecule has 4 N–H and O–H groups in total. The molecule has 0 bridgehead atoms. The van der Waals surface area contributed by atoms with Crippen molar-refractivity contribution in [3.05, 3.63) is 54.4 Å². The number of amides is 1. The van der Waals surface area contributed by atoms with Crippen LogP contribution in [-0.4, -0.2) is 15.7 Å². The number of nitrogens with zero attached hydrogens (tertiary/aromatic N) is 2. The first kappa shape index (κ1) is 11.3. The van der Waals surface area contributed by atoms with Crippen LogP contribution in [0.25, 0.3) is 0 Å². The Balaban J connectivity index is 2.37. The lowest BCUT2D eigenvalue weighted by atomic mass is 9.90. The Morgan fingerprint density at radius 3 is 2.53 bits per heavy atom. The number of benzene rings is 1. The maximum Gasteiger partial charge on any atom is 0.244 e. The summed E-state index contributed by atoms with van der Waals surface area (Å²) in [6.07, 6.45) is 3.37. The molecule has 1 unspecified atom stereocenters. The minimum atomic E-state index is -1.24. The summed E-state index contributed by atoms with van der Waals surface area (Å²) in [6.45, 7) is 0.222. The van der Waals surface area contributed by atoms with Crippen LogP contribution in [0.5, 0.6) is 0 Å². The zero-order chi connectivity index (χ0) is 12.3. The van der Waals surface area contributed by atoms with Crippen LogP contribution in [0.2, 0.25) is 0 Å². The molecule has 0 aliphatic carbocycles. The molecule has 5 heteroatoms. The Hall–Kier alpha value is -2.14. The molecule has 1 aromatic carbocycles. The third kappa shape index (κ3) is 2.19. The summed E-state index contributed by atoms with van der Waals surface area (Å²) in [6, 6.07) is 10.8. The van der Waals surface area contributed by atoms with Crippen molar-refractivity contribution in [2.75, 3.05) is 0 Å². The molecule has 88 valence electrons. The van der Waals surface area contributed by atoms with Crippen LogP contribution in [0, 0.1) is 0 Å². The summed E-state index contributed by atoms with van der Waals surface area (Å²) in [4.78, 5) is 11.6. The highest BCUT2D eigenvalue weighted by molar-refractivity contribution is 5.85. The van der Waals surface area contributed by atoms with Crippen molar-refractivity contribution in [3.8, 4) is 0 Å². The van der Waals surface area contributed by atoms with Gasteiger partial charge in [0.2, 0.25) is 5.91 Å². The molecule has 1 aromatic heterocycles. The van der Waals surface area contributed by atoms with Gasteiger partial charge in [0.05, 0.1) is 6.54 Å². The molecule has 1 amide bonds. The van der Waals surface area contributed by atoms with E-state index in [1.165, 1.54) is 0 Å². The van der Waals surface area contributed by atoms with Crippen LogP contribution in [0.1, 0.15) is 5.56 Å². The van der Waals surface area contributed by atoms with Gasteiger partial charge in [-0.05, 0) is 11.6 Å². The van der Waals surface area contributed by atoms with Gasteiger partial charge in [0.1, 0.15) is 5.54 Å². The smallest absolute Gasteiger partial charge is 0.244 e. The van der Waals surface area contributed by atoms with Crippen molar-refractivity contribution in [1.82, 2.24) is 9.78 Å². The Kier molecular flexibility index (Phi) is 2.93. The fourth-order valence-electron chi connectivity index (χ4n) is 1.70. The first-order valence-electron chi connectivity index (χ1n) is 5.25. The minimum absolute atomic E-state index is 0.222. The third-order valence-electron chi connectivity index (χ3n) is 2.70. The van der Waals surface area contributed by atoms with Crippen molar-refractivity contribution in [2.45, 2.75) is 12.1 Å². The number of rotatable bonds is 4. The second kappa shape index (κ2) is 4.39. The second-order valence-electron chi connectivity index (χ2n) is 3.91. The van der Waals surface area contributed by atoms with Crippen LogP contribution in [-0.2, 0) is 16.9 Å². The lowest BCUT2D eigenvalue weighted by molar-refractivity contribution is -0.124. The fourth-order valence-corrected chi connectivity index (χ4v) is 1.70. The zero-order valence-electron chi connectivity index (χ0n) is 9.28. The average Bonchev–Trinajstić information content (AvgIpc) is 2.82. The highest BCUT2D eigenvalue weighted by Gasteiger charge is 2.34. The lowest BCUT2D eigenvalue weighted by Crippen LogP contribution is -2.52. The summed E-state index contributed by atoms with van der Waals surface area (Å²) >= 11 is 0. The fraction of sp³-hybridized carbons (Fsp3) is 0.167. The van der Waals surface area contributed by atoms with Crippen LogP contribution in [0.4, 0.5) is 0 Å². The van der Waals surface area contributed by atoms with Crippen LogP contribution in [0.3, 0.4) is 0 Å². The van der Waals surface area contributed by atoms with E-state index < -0.39 is 11.4 Å². The van der Waals surface area contributed by atoms with Crippen LogP contribution < -0.4 is 11.5 Å². The lowest BCUT2D eigenvalue weighted by Gasteiger charge is -2.26. The van der Waals surface area contributed by atoms with E-state index in [9.17, 15) is 4.79 Å². The van der Waals surface area contributed by atoms with Crippen molar-refractivity contribution >= 4 is 5.91 Å². The van der Waals surface area contributed by atoms with E-state index in [1.54, 1.807) is 35.3 Å². The maximum atomic E-state index is 11.6. The van der Waals surface area contributed by atoms with E-state index in [0.717, 1.165) is 0 Å². The van der Waals surface area contributed by atoms with Gasteiger partial charge in [-0.2, -0.15) is 5.10 Å². The van der Waals surface area contributed by atoms with E-state index in [0.29, 0.717) is 5.56 Å². The average molecular weight is 230 g/mol. The first-order chi connectivity index (χ1) is 8.13. The monoisotopic (exact) mass is 230 g/mol. The molecule has 2 rings (SSSR count). The molecule has 0 radical (unpaired) electrons. The van der Waals surface area contributed by atoms with Gasteiger partial charge >= 0.3 is 0 Å². The van der Waals surface area contributed by atoms with E-state index >= 15 is 0 Å². The summed E-state index contributed by atoms with van der Waals surface area (Å²) in [5.74, 6) is -0.570. The summed E-state index contributed by atoms with van der Waals surface area (Å²) in [5.41, 5.74) is 11.0. The number of carbonyl (C=O) groups excluding carboxylic acids is 1. The van der Waals surface area contributed by atoms with Gasteiger partial charge in [-0.3, -0.25) is 9.48 Å². The quantitative estimate of drug-likeness (QED) is 0.787. The van der Waals surface area contributed by atoms with Crippen molar-refractivity contribution in [3.63, 3.8) is 0 Å². The van der Waals surface area contributed by atoms with Crippen molar-refractivity contribution in [2.24, 2.45) is 11.5 Å². The largest absolute Gasteiger partial charge is 0.368 e. The number of primary amides is 1. The SMILES string of the molecule is NC(=O)C(N)(Cn1cccn1)c1ccccc1. The highest BCUT2D eigenvalue weighted by atomic mass is 16.1. The second-order valence-corrected chi connectivity index (χ2v) is 3.91. The molecule has 0 fully saturated rings. The molecule has 0 spiro atoms. The van der Waals surface area contributed by atoms with Gasteiger partial charge in [-0.15, -0.1) is 0 Å². The normalized spacial score (nSPS) is 14.2. The van der Waals surface area contributed by atoms with Crippen LogP contribution in [0.15, 0.2) is 48.8 Å². The summed E-state index contributed by atoms with van der Waals surface area (Å²) in [7, 11) is 0. The predicted molar refractivity (Wildman–Crippen MR) is 63.7 cm³/mol. The Labute approximate surface area is 99.0 Å². The van der Waals surface area contributed by atoms with Gasteiger partial charge in [0.25, 0.3) is 0 Å². The van der Waals surface area contributed by atoms with Gasteiger partial charge in [0.15, 0.2) is 0 Å². The molecular formula is C12H14N4O. The molecule has 0 saturated carbocycles. The number of hydrogen-bond donors (Lipinski definition) is 2. The Morgan fingerprint density at radius 2 is 2.00 bits per heavy atom. The van der Waals surface area contributed by atoms with Gasteiger partial charge in [-0.25, -0.2) is 0 Å².